The van der Waals surface area contributed by atoms with E-state index in [1.54, 1.807) is 32.0 Å². The number of urea groups is 1. The third-order valence-electron chi connectivity index (χ3n) is 2.77. The molecule has 1 aromatic carbocycles. The smallest absolute Gasteiger partial charge is 0.324 e. The molecular formula is C12H12Cl2N2O2. The van der Waals surface area contributed by atoms with E-state index in [-0.39, 0.29) is 12.5 Å². The van der Waals surface area contributed by atoms with E-state index in [4.69, 9.17) is 23.2 Å². The second kappa shape index (κ2) is 4.44. The highest BCUT2D eigenvalue weighted by atomic mass is 35.5. The molecule has 0 aromatic heterocycles. The van der Waals surface area contributed by atoms with Crippen molar-refractivity contribution in [2.24, 2.45) is 0 Å². The van der Waals surface area contributed by atoms with Gasteiger partial charge in [0.1, 0.15) is 5.54 Å². The molecule has 0 saturated carbocycles. The Morgan fingerprint density at radius 2 is 1.89 bits per heavy atom. The molecule has 96 valence electrons. The minimum atomic E-state index is -0.854. The molecule has 0 aliphatic carbocycles. The maximum atomic E-state index is 12.0. The summed E-state index contributed by atoms with van der Waals surface area (Å²) in [5.74, 6) is -0.251. The first-order valence-electron chi connectivity index (χ1n) is 5.39. The van der Waals surface area contributed by atoms with Gasteiger partial charge in [0.05, 0.1) is 16.6 Å². The zero-order valence-electron chi connectivity index (χ0n) is 9.96. The van der Waals surface area contributed by atoms with Gasteiger partial charge < -0.3 is 5.32 Å². The molecule has 0 atom stereocenters. The van der Waals surface area contributed by atoms with Crippen LogP contribution in [0.15, 0.2) is 18.2 Å². The van der Waals surface area contributed by atoms with Crippen LogP contribution in [0.2, 0.25) is 10.0 Å². The molecule has 1 aromatic rings. The maximum Gasteiger partial charge on any atom is 0.325 e. The third-order valence-corrected chi connectivity index (χ3v) is 3.51. The summed E-state index contributed by atoms with van der Waals surface area (Å²) >= 11 is 11.7. The Labute approximate surface area is 115 Å². The first-order valence-corrected chi connectivity index (χ1v) is 6.15. The maximum absolute atomic E-state index is 12.0. The zero-order valence-corrected chi connectivity index (χ0v) is 11.5. The van der Waals surface area contributed by atoms with Gasteiger partial charge in [-0.25, -0.2) is 4.79 Å². The predicted molar refractivity (Wildman–Crippen MR) is 69.6 cm³/mol. The summed E-state index contributed by atoms with van der Waals surface area (Å²) in [6, 6.07) is 4.63. The van der Waals surface area contributed by atoms with E-state index in [1.165, 1.54) is 4.90 Å². The Balaban J connectivity index is 2.22. The normalized spacial score (nSPS) is 18.1. The fourth-order valence-electron chi connectivity index (χ4n) is 1.78. The third kappa shape index (κ3) is 2.31. The molecule has 1 fully saturated rings. The number of nitrogens with one attached hydrogen (secondary N) is 1. The number of rotatable bonds is 2. The van der Waals surface area contributed by atoms with Crippen LogP contribution in [0.1, 0.15) is 19.4 Å². The zero-order chi connectivity index (χ0) is 13.5. The lowest BCUT2D eigenvalue weighted by Gasteiger charge is -2.16. The van der Waals surface area contributed by atoms with Crippen molar-refractivity contribution in [3.63, 3.8) is 0 Å². The lowest BCUT2D eigenvalue weighted by atomic mass is 10.1. The largest absolute Gasteiger partial charge is 0.325 e. The number of hydrogen-bond donors (Lipinski definition) is 1. The molecule has 1 aliphatic rings. The summed E-state index contributed by atoms with van der Waals surface area (Å²) in [6.07, 6.45) is 0. The van der Waals surface area contributed by atoms with Crippen LogP contribution in [-0.4, -0.2) is 22.4 Å². The molecule has 0 spiro atoms. The first kappa shape index (κ1) is 13.2. The highest BCUT2D eigenvalue weighted by Gasteiger charge is 2.44. The molecule has 4 nitrogen and oxygen atoms in total. The summed E-state index contributed by atoms with van der Waals surface area (Å²) in [4.78, 5) is 24.8. The molecule has 1 N–H and O–H groups in total. The molecule has 1 saturated heterocycles. The molecule has 0 unspecified atom stereocenters. The first-order chi connectivity index (χ1) is 8.31. The monoisotopic (exact) mass is 286 g/mol. The Morgan fingerprint density at radius 3 is 2.39 bits per heavy atom. The molecule has 1 heterocycles. The van der Waals surface area contributed by atoms with Crippen LogP contribution in [0.25, 0.3) is 0 Å². The summed E-state index contributed by atoms with van der Waals surface area (Å²) in [6.45, 7) is 3.52. The van der Waals surface area contributed by atoms with E-state index in [2.05, 4.69) is 5.32 Å². The number of hydrogen-bond acceptors (Lipinski definition) is 2. The van der Waals surface area contributed by atoms with Crippen LogP contribution < -0.4 is 5.32 Å². The van der Waals surface area contributed by atoms with Gasteiger partial charge in [0.25, 0.3) is 5.91 Å². The summed E-state index contributed by atoms with van der Waals surface area (Å²) < 4.78 is 0. The van der Waals surface area contributed by atoms with Crippen molar-refractivity contribution in [3.8, 4) is 0 Å². The van der Waals surface area contributed by atoms with Crippen molar-refractivity contribution in [3.05, 3.63) is 33.8 Å². The van der Waals surface area contributed by atoms with Crippen molar-refractivity contribution < 1.29 is 9.59 Å². The van der Waals surface area contributed by atoms with Crippen molar-refractivity contribution in [2.45, 2.75) is 25.9 Å². The second-order valence-electron chi connectivity index (χ2n) is 4.69. The van der Waals surface area contributed by atoms with Gasteiger partial charge in [-0.2, -0.15) is 0 Å². The topological polar surface area (TPSA) is 49.4 Å². The number of amides is 3. The van der Waals surface area contributed by atoms with Crippen molar-refractivity contribution in [2.75, 3.05) is 0 Å². The van der Waals surface area contributed by atoms with E-state index in [9.17, 15) is 9.59 Å². The molecule has 0 bridgehead atoms. The van der Waals surface area contributed by atoms with Gasteiger partial charge in [-0.3, -0.25) is 9.69 Å². The average molecular weight is 287 g/mol. The van der Waals surface area contributed by atoms with Gasteiger partial charge in [-0.15, -0.1) is 0 Å². The SMILES string of the molecule is CC1(C)NC(=O)N(Cc2ccc(Cl)c(Cl)c2)C1=O. The lowest BCUT2D eigenvalue weighted by molar-refractivity contribution is -0.130. The minimum absolute atomic E-state index is 0.186. The lowest BCUT2D eigenvalue weighted by Crippen LogP contribution is -2.40. The van der Waals surface area contributed by atoms with Crippen molar-refractivity contribution in [1.29, 1.82) is 0 Å². The molecular weight excluding hydrogens is 275 g/mol. The van der Waals surface area contributed by atoms with Gasteiger partial charge in [-0.1, -0.05) is 29.3 Å². The van der Waals surface area contributed by atoms with E-state index >= 15 is 0 Å². The second-order valence-corrected chi connectivity index (χ2v) is 5.51. The Hall–Kier alpha value is -1.26. The number of halogens is 2. The number of carbonyl (C=O) groups is 2. The Morgan fingerprint density at radius 1 is 1.22 bits per heavy atom. The molecule has 2 rings (SSSR count). The highest BCUT2D eigenvalue weighted by molar-refractivity contribution is 6.42. The molecule has 3 amide bonds. The van der Waals surface area contributed by atoms with Crippen LogP contribution >= 0.6 is 23.2 Å². The Kier molecular flexibility index (Phi) is 3.25. The summed E-state index contributed by atoms with van der Waals surface area (Å²) in [5, 5.41) is 3.46. The number of nitrogens with zero attached hydrogens (tertiary/aromatic N) is 1. The van der Waals surface area contributed by atoms with E-state index < -0.39 is 11.6 Å². The minimum Gasteiger partial charge on any atom is -0.324 e. The highest BCUT2D eigenvalue weighted by Crippen LogP contribution is 2.25. The van der Waals surface area contributed by atoms with Crippen molar-refractivity contribution >= 4 is 35.1 Å². The standard InChI is InChI=1S/C12H12Cl2N2O2/c1-12(2)10(17)16(11(18)15-12)6-7-3-4-8(13)9(14)5-7/h3-5H,6H2,1-2H3,(H,15,18). The van der Waals surface area contributed by atoms with Gasteiger partial charge >= 0.3 is 6.03 Å². The molecule has 18 heavy (non-hydrogen) atoms. The van der Waals surface area contributed by atoms with Crippen LogP contribution in [0.5, 0.6) is 0 Å². The van der Waals surface area contributed by atoms with Gasteiger partial charge in [0.2, 0.25) is 0 Å². The average Bonchev–Trinajstić information content (AvgIpc) is 2.46. The van der Waals surface area contributed by atoms with E-state index in [1.807, 2.05) is 0 Å². The summed E-state index contributed by atoms with van der Waals surface area (Å²) in [5.41, 5.74) is -0.0987. The van der Waals surface area contributed by atoms with Gasteiger partial charge in [0.15, 0.2) is 0 Å². The number of carbonyl (C=O) groups excluding carboxylic acids is 2. The van der Waals surface area contributed by atoms with Crippen molar-refractivity contribution in [1.82, 2.24) is 10.2 Å². The van der Waals surface area contributed by atoms with Crippen LogP contribution in [0.4, 0.5) is 4.79 Å². The van der Waals surface area contributed by atoms with Crippen LogP contribution in [0, 0.1) is 0 Å². The molecule has 6 heteroatoms. The molecule has 1 aliphatic heterocycles. The predicted octanol–water partition coefficient (Wildman–Crippen LogP) is 2.82. The summed E-state index contributed by atoms with van der Waals surface area (Å²) in [7, 11) is 0. The number of benzene rings is 1. The molecule has 0 radical (unpaired) electrons. The van der Waals surface area contributed by atoms with Crippen LogP contribution in [-0.2, 0) is 11.3 Å². The fourth-order valence-corrected chi connectivity index (χ4v) is 2.10. The van der Waals surface area contributed by atoms with Gasteiger partial charge in [0, 0.05) is 0 Å². The fraction of sp³-hybridized carbons (Fsp3) is 0.333. The number of imide groups is 1. The van der Waals surface area contributed by atoms with E-state index in [0.717, 1.165) is 5.56 Å². The Bertz CT molecular complexity index is 529. The van der Waals surface area contributed by atoms with Gasteiger partial charge in [-0.05, 0) is 31.5 Å². The van der Waals surface area contributed by atoms with E-state index in [0.29, 0.717) is 10.0 Å². The quantitative estimate of drug-likeness (QED) is 0.850. The van der Waals surface area contributed by atoms with Crippen LogP contribution in [0.3, 0.4) is 0 Å².